The van der Waals surface area contributed by atoms with Crippen LogP contribution in [0.3, 0.4) is 0 Å². The molecule has 0 aromatic heterocycles. The standard InChI is InChI=1S/C9H15NO/c1-7(2)6-10-8(3)5-9(4)11/h6-7H,3,5H2,1-2,4H3. The van der Waals surface area contributed by atoms with E-state index in [-0.39, 0.29) is 5.78 Å². The summed E-state index contributed by atoms with van der Waals surface area (Å²) in [6, 6.07) is 0. The quantitative estimate of drug-likeness (QED) is 0.569. The topological polar surface area (TPSA) is 29.4 Å². The van der Waals surface area contributed by atoms with Gasteiger partial charge in [0.15, 0.2) is 0 Å². The summed E-state index contributed by atoms with van der Waals surface area (Å²) in [6.45, 7) is 9.25. The highest BCUT2D eigenvalue weighted by Crippen LogP contribution is 2.00. The molecule has 0 unspecified atom stereocenters. The van der Waals surface area contributed by atoms with Crippen LogP contribution >= 0.6 is 0 Å². The second-order valence-electron chi connectivity index (χ2n) is 2.97. The number of ketones is 1. The van der Waals surface area contributed by atoms with Crippen molar-refractivity contribution < 1.29 is 4.79 Å². The molecule has 0 heterocycles. The maximum atomic E-state index is 10.6. The normalized spacial score (nSPS) is 10.9. The van der Waals surface area contributed by atoms with Gasteiger partial charge < -0.3 is 0 Å². The van der Waals surface area contributed by atoms with Crippen molar-refractivity contribution in [3.05, 3.63) is 12.3 Å². The summed E-state index contributed by atoms with van der Waals surface area (Å²) in [7, 11) is 0. The molecule has 0 spiro atoms. The minimum Gasteiger partial charge on any atom is -0.300 e. The van der Waals surface area contributed by atoms with Gasteiger partial charge in [-0.2, -0.15) is 0 Å². The second kappa shape index (κ2) is 4.83. The van der Waals surface area contributed by atoms with Crippen molar-refractivity contribution in [2.24, 2.45) is 10.9 Å². The summed E-state index contributed by atoms with van der Waals surface area (Å²) in [5, 5.41) is 0. The molecule has 0 aromatic rings. The van der Waals surface area contributed by atoms with Crippen LogP contribution in [0, 0.1) is 5.92 Å². The molecule has 0 aliphatic rings. The molecule has 0 fully saturated rings. The van der Waals surface area contributed by atoms with Crippen LogP contribution in [0.25, 0.3) is 0 Å². The Kier molecular flexibility index (Phi) is 4.42. The number of rotatable bonds is 4. The molecular formula is C9H15NO. The zero-order valence-electron chi connectivity index (χ0n) is 7.42. The third-order valence-electron chi connectivity index (χ3n) is 1.01. The van der Waals surface area contributed by atoms with Gasteiger partial charge in [0.05, 0.1) is 0 Å². The first-order valence-corrected chi connectivity index (χ1v) is 3.73. The van der Waals surface area contributed by atoms with Crippen LogP contribution in [-0.4, -0.2) is 12.0 Å². The Balaban J connectivity index is 3.78. The third kappa shape index (κ3) is 6.97. The SMILES string of the molecule is C=C(CC(C)=O)N=CC(C)C. The van der Waals surface area contributed by atoms with Crippen LogP contribution in [0.2, 0.25) is 0 Å². The lowest BCUT2D eigenvalue weighted by Crippen LogP contribution is -1.93. The van der Waals surface area contributed by atoms with Crippen LogP contribution in [0.15, 0.2) is 17.3 Å². The van der Waals surface area contributed by atoms with Crippen molar-refractivity contribution in [1.29, 1.82) is 0 Å². The molecule has 0 bridgehead atoms. The third-order valence-corrected chi connectivity index (χ3v) is 1.01. The van der Waals surface area contributed by atoms with Crippen molar-refractivity contribution >= 4 is 12.0 Å². The molecule has 0 aliphatic carbocycles. The fraction of sp³-hybridized carbons (Fsp3) is 0.556. The van der Waals surface area contributed by atoms with Gasteiger partial charge in [0.25, 0.3) is 0 Å². The highest BCUT2D eigenvalue weighted by atomic mass is 16.1. The van der Waals surface area contributed by atoms with Crippen molar-refractivity contribution in [3.63, 3.8) is 0 Å². The highest BCUT2D eigenvalue weighted by Gasteiger charge is 1.95. The molecule has 0 aromatic carbocycles. The van der Waals surface area contributed by atoms with Gasteiger partial charge in [0.2, 0.25) is 0 Å². The first kappa shape index (κ1) is 10.1. The van der Waals surface area contributed by atoms with Gasteiger partial charge in [-0.1, -0.05) is 20.4 Å². The first-order valence-electron chi connectivity index (χ1n) is 3.73. The first-order chi connectivity index (χ1) is 5.02. The van der Waals surface area contributed by atoms with E-state index in [2.05, 4.69) is 11.6 Å². The number of nitrogens with zero attached hydrogens (tertiary/aromatic N) is 1. The predicted octanol–water partition coefficient (Wildman–Crippen LogP) is 2.21. The predicted molar refractivity (Wildman–Crippen MR) is 47.8 cm³/mol. The van der Waals surface area contributed by atoms with Gasteiger partial charge in [-0.3, -0.25) is 9.79 Å². The average Bonchev–Trinajstić information content (AvgIpc) is 1.82. The number of carbonyl (C=O) groups excluding carboxylic acids is 1. The van der Waals surface area contributed by atoms with Crippen molar-refractivity contribution in [2.45, 2.75) is 27.2 Å². The van der Waals surface area contributed by atoms with Gasteiger partial charge in [-0.15, -0.1) is 0 Å². The van der Waals surface area contributed by atoms with Crippen LogP contribution in [0.5, 0.6) is 0 Å². The zero-order valence-corrected chi connectivity index (χ0v) is 7.42. The van der Waals surface area contributed by atoms with Gasteiger partial charge in [-0.05, 0) is 12.8 Å². The van der Waals surface area contributed by atoms with E-state index in [1.807, 2.05) is 13.8 Å². The number of hydrogen-bond acceptors (Lipinski definition) is 2. The van der Waals surface area contributed by atoms with E-state index in [1.54, 1.807) is 6.21 Å². The number of allylic oxidation sites excluding steroid dienone is 1. The van der Waals surface area contributed by atoms with E-state index in [9.17, 15) is 4.79 Å². The van der Waals surface area contributed by atoms with E-state index in [0.29, 0.717) is 18.0 Å². The van der Waals surface area contributed by atoms with Gasteiger partial charge in [-0.25, -0.2) is 0 Å². The zero-order chi connectivity index (χ0) is 8.85. The molecule has 2 heteroatoms. The second-order valence-corrected chi connectivity index (χ2v) is 2.97. The van der Waals surface area contributed by atoms with E-state index >= 15 is 0 Å². The van der Waals surface area contributed by atoms with Crippen molar-refractivity contribution in [1.82, 2.24) is 0 Å². The summed E-state index contributed by atoms with van der Waals surface area (Å²) < 4.78 is 0. The molecule has 0 radical (unpaired) electrons. The molecule has 0 amide bonds. The number of aliphatic imine (C=N–C) groups is 1. The minimum atomic E-state index is 0.107. The molecular weight excluding hydrogens is 138 g/mol. The molecule has 0 rings (SSSR count). The van der Waals surface area contributed by atoms with E-state index in [0.717, 1.165) is 0 Å². The monoisotopic (exact) mass is 153 g/mol. The Morgan fingerprint density at radius 3 is 2.55 bits per heavy atom. The fourth-order valence-electron chi connectivity index (χ4n) is 0.587. The largest absolute Gasteiger partial charge is 0.300 e. The smallest absolute Gasteiger partial charge is 0.135 e. The van der Waals surface area contributed by atoms with Gasteiger partial charge in [0, 0.05) is 18.3 Å². The Morgan fingerprint density at radius 1 is 1.64 bits per heavy atom. The summed E-state index contributed by atoms with van der Waals surface area (Å²) in [5.41, 5.74) is 0.645. The van der Waals surface area contributed by atoms with Crippen LogP contribution < -0.4 is 0 Å². The van der Waals surface area contributed by atoms with E-state index in [1.165, 1.54) is 6.92 Å². The lowest BCUT2D eigenvalue weighted by Gasteiger charge is -1.96. The molecule has 11 heavy (non-hydrogen) atoms. The average molecular weight is 153 g/mol. The summed E-state index contributed by atoms with van der Waals surface area (Å²) in [4.78, 5) is 14.6. The maximum absolute atomic E-state index is 10.6. The Labute approximate surface area is 68.0 Å². The Morgan fingerprint density at radius 2 is 2.18 bits per heavy atom. The lowest BCUT2D eigenvalue weighted by atomic mass is 10.2. The molecule has 0 atom stereocenters. The Hall–Kier alpha value is -0.920. The van der Waals surface area contributed by atoms with Crippen LogP contribution in [-0.2, 0) is 4.79 Å². The summed E-state index contributed by atoms with van der Waals surface area (Å²) in [6.07, 6.45) is 2.16. The molecule has 0 aliphatic heterocycles. The van der Waals surface area contributed by atoms with E-state index < -0.39 is 0 Å². The molecule has 62 valence electrons. The number of hydrogen-bond donors (Lipinski definition) is 0. The van der Waals surface area contributed by atoms with Crippen LogP contribution in [0.4, 0.5) is 0 Å². The molecule has 0 saturated carbocycles. The van der Waals surface area contributed by atoms with Gasteiger partial charge >= 0.3 is 0 Å². The molecule has 2 nitrogen and oxygen atoms in total. The fourth-order valence-corrected chi connectivity index (χ4v) is 0.587. The molecule has 0 saturated heterocycles. The summed E-state index contributed by atoms with van der Waals surface area (Å²) in [5.74, 6) is 0.523. The lowest BCUT2D eigenvalue weighted by molar-refractivity contribution is -0.116. The van der Waals surface area contributed by atoms with Crippen LogP contribution in [0.1, 0.15) is 27.2 Å². The van der Waals surface area contributed by atoms with E-state index in [4.69, 9.17) is 0 Å². The van der Waals surface area contributed by atoms with Crippen molar-refractivity contribution in [2.75, 3.05) is 0 Å². The van der Waals surface area contributed by atoms with Crippen molar-refractivity contribution in [3.8, 4) is 0 Å². The minimum absolute atomic E-state index is 0.107. The molecule has 0 N–H and O–H groups in total. The number of carbonyl (C=O) groups is 1. The summed E-state index contributed by atoms with van der Waals surface area (Å²) >= 11 is 0. The van der Waals surface area contributed by atoms with Gasteiger partial charge in [0.1, 0.15) is 5.78 Å². The number of Topliss-reactive ketones (excluding diaryl/α,β-unsaturated/α-hetero) is 1. The highest BCUT2D eigenvalue weighted by molar-refractivity contribution is 5.78. The maximum Gasteiger partial charge on any atom is 0.135 e. The Bertz CT molecular complexity index is 180.